The average Bonchev–Trinajstić information content (AvgIpc) is 3.51. The highest BCUT2D eigenvalue weighted by molar-refractivity contribution is 5.88. The van der Waals surface area contributed by atoms with Gasteiger partial charge in [-0.3, -0.25) is 0 Å². The molecule has 3 unspecified atom stereocenters. The Hall–Kier alpha value is -2.86. The molecule has 0 saturated carbocycles. The number of ether oxygens (including phenoxy) is 3. The molecule has 210 valence electrons. The molecule has 0 radical (unpaired) electrons. The van der Waals surface area contributed by atoms with Crippen LogP contribution in [-0.4, -0.2) is 54.0 Å². The maximum atomic E-state index is 14.4. The van der Waals surface area contributed by atoms with Crippen molar-refractivity contribution in [3.05, 3.63) is 71.8 Å². The number of hydrogen-bond donors (Lipinski definition) is 0. The van der Waals surface area contributed by atoms with Crippen LogP contribution in [0.1, 0.15) is 89.2 Å². The van der Waals surface area contributed by atoms with E-state index in [1.54, 1.807) is 0 Å². The lowest BCUT2D eigenvalue weighted by Crippen LogP contribution is -2.60. The second kappa shape index (κ2) is 12.1. The predicted octanol–water partition coefficient (Wildman–Crippen LogP) is 6.90. The molecule has 39 heavy (non-hydrogen) atoms. The highest BCUT2D eigenvalue weighted by Gasteiger charge is 2.57. The van der Waals surface area contributed by atoms with E-state index in [1.165, 1.54) is 43.3 Å². The van der Waals surface area contributed by atoms with E-state index in [1.807, 2.05) is 67.6 Å². The number of carbonyl (C=O) groups excluding carboxylic acids is 2. The van der Waals surface area contributed by atoms with Gasteiger partial charge >= 0.3 is 12.1 Å². The van der Waals surface area contributed by atoms with Gasteiger partial charge in [-0.05, 0) is 12.8 Å². The first-order valence-electron chi connectivity index (χ1n) is 15.1. The van der Waals surface area contributed by atoms with Crippen molar-refractivity contribution in [2.45, 2.75) is 108 Å². The van der Waals surface area contributed by atoms with E-state index in [2.05, 4.69) is 6.92 Å². The quantitative estimate of drug-likeness (QED) is 0.245. The number of carbonyl (C=O) groups is 2. The number of rotatable bonds is 10. The molecule has 2 aromatic rings. The minimum Gasteiger partial charge on any atom is -0.458 e. The summed E-state index contributed by atoms with van der Waals surface area (Å²) in [5.41, 5.74) is -0.637. The second-order valence-corrected chi connectivity index (χ2v) is 11.7. The smallest absolute Gasteiger partial charge is 0.458 e. The summed E-state index contributed by atoms with van der Waals surface area (Å²) in [6.07, 6.45) is 8.92. The van der Waals surface area contributed by atoms with Gasteiger partial charge in [0.2, 0.25) is 0 Å². The Labute approximate surface area is 233 Å². The van der Waals surface area contributed by atoms with Crippen LogP contribution in [0.3, 0.4) is 0 Å². The van der Waals surface area contributed by atoms with Crippen molar-refractivity contribution in [1.82, 2.24) is 0 Å². The fourth-order valence-electron chi connectivity index (χ4n) is 7.51. The van der Waals surface area contributed by atoms with Crippen LogP contribution < -0.4 is 0 Å². The van der Waals surface area contributed by atoms with Gasteiger partial charge in [0.05, 0.1) is 25.2 Å². The van der Waals surface area contributed by atoms with Gasteiger partial charge in [0, 0.05) is 49.7 Å². The van der Waals surface area contributed by atoms with Crippen LogP contribution in [0.4, 0.5) is 4.79 Å². The Morgan fingerprint density at radius 2 is 1.46 bits per heavy atom. The molecule has 0 N–H and O–H groups in total. The van der Waals surface area contributed by atoms with Gasteiger partial charge in [0.25, 0.3) is 5.60 Å². The molecule has 0 aromatic heterocycles. The van der Waals surface area contributed by atoms with Gasteiger partial charge in [-0.2, -0.15) is 0 Å². The third-order valence-corrected chi connectivity index (χ3v) is 9.51. The van der Waals surface area contributed by atoms with Crippen molar-refractivity contribution in [1.29, 1.82) is 0 Å². The monoisotopic (exact) mass is 534 g/mol. The number of hydrogen-bond acceptors (Lipinski definition) is 5. The first-order chi connectivity index (χ1) is 19.0. The zero-order valence-electron chi connectivity index (χ0n) is 23.6. The Morgan fingerprint density at radius 1 is 0.897 bits per heavy atom. The summed E-state index contributed by atoms with van der Waals surface area (Å²) < 4.78 is 19.5. The lowest BCUT2D eigenvalue weighted by Gasteiger charge is -2.47. The third-order valence-electron chi connectivity index (χ3n) is 9.51. The van der Waals surface area contributed by atoms with Crippen molar-refractivity contribution in [2.24, 2.45) is 0 Å². The van der Waals surface area contributed by atoms with Crippen molar-refractivity contribution in [3.8, 4) is 0 Å². The molecule has 2 aromatic carbocycles. The number of benzene rings is 2. The largest absolute Gasteiger partial charge is 0.510 e. The van der Waals surface area contributed by atoms with Gasteiger partial charge in [-0.1, -0.05) is 87.4 Å². The van der Waals surface area contributed by atoms with E-state index in [-0.39, 0.29) is 12.2 Å². The molecule has 3 aliphatic rings. The summed E-state index contributed by atoms with van der Waals surface area (Å²) in [4.78, 5) is 27.7. The first-order valence-corrected chi connectivity index (χ1v) is 15.1. The van der Waals surface area contributed by atoms with E-state index in [0.29, 0.717) is 29.6 Å². The Kier molecular flexibility index (Phi) is 8.61. The van der Waals surface area contributed by atoms with E-state index >= 15 is 0 Å². The highest BCUT2D eigenvalue weighted by Crippen LogP contribution is 2.47. The molecule has 0 aliphatic carbocycles. The number of quaternary nitrogens is 1. The molecule has 3 saturated heterocycles. The molecule has 1 spiro atoms. The van der Waals surface area contributed by atoms with Crippen molar-refractivity contribution < 1.29 is 28.3 Å². The molecule has 5 rings (SSSR count). The van der Waals surface area contributed by atoms with Gasteiger partial charge in [0.1, 0.15) is 12.2 Å². The molecule has 3 aliphatic heterocycles. The van der Waals surface area contributed by atoms with Crippen LogP contribution >= 0.6 is 0 Å². The van der Waals surface area contributed by atoms with E-state index < -0.39 is 17.7 Å². The zero-order valence-corrected chi connectivity index (χ0v) is 23.6. The molecule has 0 amide bonds. The van der Waals surface area contributed by atoms with Crippen LogP contribution in [0.5, 0.6) is 0 Å². The van der Waals surface area contributed by atoms with Crippen LogP contribution in [0.2, 0.25) is 0 Å². The van der Waals surface area contributed by atoms with Crippen molar-refractivity contribution in [3.63, 3.8) is 0 Å². The van der Waals surface area contributed by atoms with Crippen LogP contribution in [0.15, 0.2) is 60.7 Å². The number of nitrogens with zero attached hydrogens (tertiary/aromatic N) is 1. The lowest BCUT2D eigenvalue weighted by molar-refractivity contribution is -0.956. The summed E-state index contributed by atoms with van der Waals surface area (Å²) in [7, 11) is 0. The topological polar surface area (TPSA) is 61.8 Å². The van der Waals surface area contributed by atoms with Gasteiger partial charge < -0.3 is 18.7 Å². The highest BCUT2D eigenvalue weighted by atomic mass is 16.7. The summed E-state index contributed by atoms with van der Waals surface area (Å²) in [6, 6.07) is 19.6. The SMILES string of the molecule is CCCCC(CC)OC(=O)OC(C(=O)OC1CC2CCC(C1)[N+]21CCCC1)(c1ccccc1)c1ccccc1. The van der Waals surface area contributed by atoms with Crippen LogP contribution in [0.25, 0.3) is 0 Å². The lowest BCUT2D eigenvalue weighted by atomic mass is 9.85. The maximum Gasteiger partial charge on any atom is 0.510 e. The molecule has 3 atom stereocenters. The molecule has 6 nitrogen and oxygen atoms in total. The molecule has 2 bridgehead atoms. The maximum absolute atomic E-state index is 14.4. The Bertz CT molecular complexity index is 1040. The van der Waals surface area contributed by atoms with Crippen LogP contribution in [0, 0.1) is 0 Å². The fourth-order valence-corrected chi connectivity index (χ4v) is 7.51. The Balaban J connectivity index is 1.44. The minimum atomic E-state index is -1.75. The minimum absolute atomic E-state index is 0.182. The number of unbranched alkanes of at least 4 members (excludes halogenated alkanes) is 1. The second-order valence-electron chi connectivity index (χ2n) is 11.7. The molecule has 6 heteroatoms. The Morgan fingerprint density at radius 3 is 1.97 bits per heavy atom. The number of piperidine rings is 1. The van der Waals surface area contributed by atoms with Crippen molar-refractivity contribution in [2.75, 3.05) is 13.1 Å². The summed E-state index contributed by atoms with van der Waals surface area (Å²) >= 11 is 0. The third kappa shape index (κ3) is 5.45. The summed E-state index contributed by atoms with van der Waals surface area (Å²) in [5.74, 6) is -0.544. The first kappa shape index (κ1) is 27.7. The molecule has 3 fully saturated rings. The van der Waals surface area contributed by atoms with E-state index in [4.69, 9.17) is 14.2 Å². The van der Waals surface area contributed by atoms with Gasteiger partial charge in [0.15, 0.2) is 0 Å². The standard InChI is InChI=1S/C33H44NO5/c1-3-5-18-29(4-2)38-32(36)39-33(25-14-8-6-9-15-25,26-16-10-7-11-17-26)31(35)37-30-23-27-19-20-28(24-30)34(27)21-12-13-22-34/h6-11,14-17,27-30H,3-5,12-13,18-24H2,1-2H3/q+1. The normalized spacial score (nSPS) is 24.3. The molecular weight excluding hydrogens is 490 g/mol. The van der Waals surface area contributed by atoms with Gasteiger partial charge in [-0.15, -0.1) is 0 Å². The van der Waals surface area contributed by atoms with Crippen molar-refractivity contribution >= 4 is 12.1 Å². The average molecular weight is 535 g/mol. The fraction of sp³-hybridized carbons (Fsp3) is 0.576. The summed E-state index contributed by atoms with van der Waals surface area (Å²) in [5, 5.41) is 0. The summed E-state index contributed by atoms with van der Waals surface area (Å²) in [6.45, 7) is 6.64. The molecular formula is C33H44NO5+. The van der Waals surface area contributed by atoms with Crippen LogP contribution in [-0.2, 0) is 24.6 Å². The predicted molar refractivity (Wildman–Crippen MR) is 150 cm³/mol. The van der Waals surface area contributed by atoms with E-state index in [9.17, 15) is 9.59 Å². The molecule has 3 heterocycles. The zero-order chi connectivity index (χ0) is 27.3. The number of esters is 1. The van der Waals surface area contributed by atoms with E-state index in [0.717, 1.165) is 32.1 Å². The van der Waals surface area contributed by atoms with Gasteiger partial charge in [-0.25, -0.2) is 9.59 Å².